The van der Waals surface area contributed by atoms with E-state index in [0.717, 1.165) is 0 Å². The number of carboxylic acids is 2. The number of hydrogen-bond donors (Lipinski definition) is 4. The number of aliphatic hydroxyl groups is 1. The molecule has 0 radical (unpaired) electrons. The Kier molecular flexibility index (Phi) is 7.10. The first-order valence-corrected chi connectivity index (χ1v) is 8.89. The average Bonchev–Trinajstić information content (AvgIpc) is 2.70. The molecule has 2 aromatic carbocycles. The van der Waals surface area contributed by atoms with Crippen LogP contribution in [-0.4, -0.2) is 44.9 Å². The van der Waals surface area contributed by atoms with Gasteiger partial charge in [0.25, 0.3) is 6.57 Å². The first-order valence-electron chi connectivity index (χ1n) is 8.51. The lowest BCUT2D eigenvalue weighted by Crippen LogP contribution is -2.47. The number of carbonyl (C=O) groups is 3. The number of halogens is 2. The summed E-state index contributed by atoms with van der Waals surface area (Å²) in [6.45, 7) is 4.97. The molecule has 30 heavy (non-hydrogen) atoms. The normalized spacial score (nSPS) is 13.5. The average molecular weight is 436 g/mol. The molecule has 1 amide bonds. The zero-order valence-corrected chi connectivity index (χ0v) is 16.1. The summed E-state index contributed by atoms with van der Waals surface area (Å²) in [5, 5.41) is 30.4. The summed E-state index contributed by atoms with van der Waals surface area (Å²) in [6, 6.07) is 9.29. The third kappa shape index (κ3) is 5.53. The molecule has 8 nitrogen and oxygen atoms in total. The number of hydrogen-bond acceptors (Lipinski definition) is 4. The Bertz CT molecular complexity index is 1020. The SMILES string of the molecule is C#[N+][C@@](O)(C[C@@H](Cc1ccc(-c2cc(Cl)ccc2F)cc1)NC(=O)C(=O)O)C(=O)O. The van der Waals surface area contributed by atoms with Crippen LogP contribution in [0.1, 0.15) is 12.0 Å². The van der Waals surface area contributed by atoms with Crippen molar-refractivity contribution in [3.8, 4) is 17.7 Å². The zero-order chi connectivity index (χ0) is 22.5. The second-order valence-electron chi connectivity index (χ2n) is 6.46. The van der Waals surface area contributed by atoms with Gasteiger partial charge in [-0.3, -0.25) is 4.79 Å². The fraction of sp³-hybridized carbons (Fsp3) is 0.200. The maximum atomic E-state index is 14.0. The van der Waals surface area contributed by atoms with Crippen molar-refractivity contribution in [2.24, 2.45) is 0 Å². The van der Waals surface area contributed by atoms with Crippen molar-refractivity contribution in [2.45, 2.75) is 24.6 Å². The maximum absolute atomic E-state index is 14.0. The van der Waals surface area contributed by atoms with Crippen molar-refractivity contribution in [3.05, 3.63) is 63.7 Å². The molecule has 0 aliphatic heterocycles. The minimum atomic E-state index is -2.72. The highest BCUT2D eigenvalue weighted by molar-refractivity contribution is 6.31. The van der Waals surface area contributed by atoms with Crippen molar-refractivity contribution >= 4 is 29.4 Å². The van der Waals surface area contributed by atoms with Crippen LogP contribution in [0.4, 0.5) is 4.39 Å². The van der Waals surface area contributed by atoms with E-state index >= 15 is 0 Å². The minimum Gasteiger partial charge on any atom is -0.474 e. The molecule has 2 aromatic rings. The van der Waals surface area contributed by atoms with Gasteiger partial charge in [0.15, 0.2) is 0 Å². The number of amides is 1. The minimum absolute atomic E-state index is 0.0531. The van der Waals surface area contributed by atoms with Crippen molar-refractivity contribution < 1.29 is 34.1 Å². The van der Waals surface area contributed by atoms with E-state index in [0.29, 0.717) is 16.1 Å². The predicted molar refractivity (Wildman–Crippen MR) is 106 cm³/mol. The lowest BCUT2D eigenvalue weighted by Gasteiger charge is -2.19. The van der Waals surface area contributed by atoms with Gasteiger partial charge in [-0.15, -0.1) is 0 Å². The van der Waals surface area contributed by atoms with Gasteiger partial charge in [-0.25, -0.2) is 14.0 Å². The third-order valence-electron chi connectivity index (χ3n) is 4.29. The van der Waals surface area contributed by atoms with Crippen LogP contribution in [0, 0.1) is 12.4 Å². The fourth-order valence-electron chi connectivity index (χ4n) is 2.78. The van der Waals surface area contributed by atoms with Crippen molar-refractivity contribution in [1.82, 2.24) is 5.32 Å². The molecule has 0 aliphatic rings. The second kappa shape index (κ2) is 9.35. The van der Waals surface area contributed by atoms with Gasteiger partial charge >= 0.3 is 23.6 Å². The summed E-state index contributed by atoms with van der Waals surface area (Å²) in [4.78, 5) is 36.5. The number of carbonyl (C=O) groups excluding carboxylic acids is 1. The van der Waals surface area contributed by atoms with Gasteiger partial charge in [-0.2, -0.15) is 0 Å². The van der Waals surface area contributed by atoms with Gasteiger partial charge in [-0.05, 0) is 40.6 Å². The molecular formula is C20H17ClFN2O6+. The number of nitrogens with one attached hydrogen (secondary N) is 1. The number of benzene rings is 2. The van der Waals surface area contributed by atoms with E-state index in [1.165, 1.54) is 18.2 Å². The van der Waals surface area contributed by atoms with Crippen LogP contribution < -0.4 is 5.32 Å². The van der Waals surface area contributed by atoms with E-state index in [2.05, 4.69) is 10.2 Å². The summed E-state index contributed by atoms with van der Waals surface area (Å²) >= 11 is 5.90. The van der Waals surface area contributed by atoms with Crippen LogP contribution in [0.15, 0.2) is 42.5 Å². The van der Waals surface area contributed by atoms with E-state index in [1.807, 2.05) is 0 Å². The predicted octanol–water partition coefficient (Wildman–Crippen LogP) is 2.38. The van der Waals surface area contributed by atoms with E-state index in [-0.39, 0.29) is 12.0 Å². The molecule has 0 saturated carbocycles. The summed E-state index contributed by atoms with van der Waals surface area (Å²) in [5.74, 6) is -5.40. The van der Waals surface area contributed by atoms with E-state index < -0.39 is 41.9 Å². The molecule has 0 spiro atoms. The maximum Gasteiger partial charge on any atom is 0.480 e. The molecule has 0 saturated heterocycles. The van der Waals surface area contributed by atoms with Crippen LogP contribution in [0.25, 0.3) is 16.0 Å². The quantitative estimate of drug-likeness (QED) is 0.494. The highest BCUT2D eigenvalue weighted by atomic mass is 35.5. The van der Waals surface area contributed by atoms with E-state index in [9.17, 15) is 23.9 Å². The number of aliphatic carboxylic acids is 2. The van der Waals surface area contributed by atoms with Gasteiger partial charge in [0.1, 0.15) is 5.82 Å². The van der Waals surface area contributed by atoms with E-state index in [4.69, 9.17) is 28.4 Å². The number of carboxylic acid groups (broad SMARTS) is 2. The van der Waals surface area contributed by atoms with Crippen LogP contribution in [0.3, 0.4) is 0 Å². The largest absolute Gasteiger partial charge is 0.480 e. The van der Waals surface area contributed by atoms with Gasteiger partial charge in [-0.1, -0.05) is 35.9 Å². The fourth-order valence-corrected chi connectivity index (χ4v) is 2.96. The van der Waals surface area contributed by atoms with Gasteiger partial charge in [0.05, 0.1) is 6.42 Å². The van der Waals surface area contributed by atoms with Gasteiger partial charge in [0, 0.05) is 16.6 Å². The second-order valence-corrected chi connectivity index (χ2v) is 6.89. The van der Waals surface area contributed by atoms with Crippen molar-refractivity contribution in [2.75, 3.05) is 0 Å². The topological polar surface area (TPSA) is 128 Å². The van der Waals surface area contributed by atoms with Gasteiger partial charge < -0.3 is 20.6 Å². The Morgan fingerprint density at radius 1 is 1.17 bits per heavy atom. The lowest BCUT2D eigenvalue weighted by molar-refractivity contribution is -0.155. The first kappa shape index (κ1) is 22.8. The van der Waals surface area contributed by atoms with Crippen molar-refractivity contribution in [3.63, 3.8) is 0 Å². The first-order chi connectivity index (χ1) is 14.1. The van der Waals surface area contributed by atoms with Crippen LogP contribution >= 0.6 is 11.6 Å². The molecular weight excluding hydrogens is 419 g/mol. The molecule has 0 unspecified atom stereocenters. The highest BCUT2D eigenvalue weighted by Gasteiger charge is 2.50. The molecule has 0 fully saturated rings. The smallest absolute Gasteiger partial charge is 0.474 e. The number of rotatable bonds is 7. The van der Waals surface area contributed by atoms with Crippen LogP contribution in [-0.2, 0) is 20.8 Å². The Labute approximate surface area is 175 Å². The van der Waals surface area contributed by atoms with Crippen molar-refractivity contribution in [1.29, 1.82) is 0 Å². The Balaban J connectivity index is 2.27. The molecule has 2 atom stereocenters. The summed E-state index contributed by atoms with van der Waals surface area (Å²) in [5.41, 5.74) is -1.39. The Morgan fingerprint density at radius 2 is 1.80 bits per heavy atom. The van der Waals surface area contributed by atoms with Crippen LogP contribution in [0.2, 0.25) is 5.02 Å². The lowest BCUT2D eigenvalue weighted by atomic mass is 9.95. The third-order valence-corrected chi connectivity index (χ3v) is 4.53. The Morgan fingerprint density at radius 3 is 2.33 bits per heavy atom. The number of nitrogens with zero attached hydrogens (tertiary/aromatic N) is 1. The molecule has 0 aromatic heterocycles. The molecule has 0 heterocycles. The highest BCUT2D eigenvalue weighted by Crippen LogP contribution is 2.27. The zero-order valence-electron chi connectivity index (χ0n) is 15.4. The molecule has 0 aliphatic carbocycles. The molecule has 10 heteroatoms. The standard InChI is InChI=1S/C20H16ClFN2O6/c1-23-20(30,19(28)29)10-14(24-17(25)18(26)27)8-11-2-4-12(5-3-11)15-9-13(21)6-7-16(15)22/h1-7,9,14,30H,8,10H2,(H2-,24,25,26,27,28,29)/p+1/t14-,20-/m1/s1. The summed E-state index contributed by atoms with van der Waals surface area (Å²) in [6.07, 6.45) is -0.731. The molecule has 2 rings (SSSR count). The molecule has 156 valence electrons. The molecule has 0 bridgehead atoms. The molecule has 4 N–H and O–H groups in total. The summed E-state index contributed by atoms with van der Waals surface area (Å²) in [7, 11) is 0. The Hall–Kier alpha value is -3.48. The summed E-state index contributed by atoms with van der Waals surface area (Å²) < 4.78 is 14.0. The monoisotopic (exact) mass is 435 g/mol. The van der Waals surface area contributed by atoms with E-state index in [1.54, 1.807) is 24.3 Å². The van der Waals surface area contributed by atoms with Gasteiger partial charge in [0.2, 0.25) is 0 Å². The van der Waals surface area contributed by atoms with Crippen LogP contribution in [0.5, 0.6) is 0 Å².